The second-order valence-corrected chi connectivity index (χ2v) is 6.77. The van der Waals surface area contributed by atoms with Crippen LogP contribution in [0.2, 0.25) is 0 Å². The molecule has 0 N–H and O–H groups in total. The maximum Gasteiger partial charge on any atom is 0.286 e. The fraction of sp³-hybridized carbons (Fsp3) is 0.875. The Morgan fingerprint density at radius 1 is 1.05 bits per heavy atom. The summed E-state index contributed by atoms with van der Waals surface area (Å²) in [5, 5.41) is 17.0. The Bertz CT molecular complexity index is 352. The van der Waals surface area contributed by atoms with Gasteiger partial charge < -0.3 is 9.47 Å². The van der Waals surface area contributed by atoms with Gasteiger partial charge >= 0.3 is 0 Å². The molecular weight excluding hydrogens is 252 g/mol. The van der Waals surface area contributed by atoms with Crippen LogP contribution in [0, 0.1) is 33.9 Å². The van der Waals surface area contributed by atoms with Crippen molar-refractivity contribution in [1.82, 2.24) is 0 Å². The number of rotatable bonds is 4. The van der Waals surface area contributed by atoms with Gasteiger partial charge in [0.25, 0.3) is 12.5 Å². The highest BCUT2D eigenvalue weighted by atomic mass is 16.5. The van der Waals surface area contributed by atoms with Gasteiger partial charge in [0.05, 0.1) is 0 Å². The molecule has 1 saturated carbocycles. The van der Waals surface area contributed by atoms with E-state index in [1.807, 2.05) is 0 Å². The number of nitrogens with zero attached hydrogens (tertiary/aromatic N) is 2. The molecule has 0 aromatic carbocycles. The molecule has 0 spiro atoms. The Morgan fingerprint density at radius 2 is 1.65 bits per heavy atom. The summed E-state index contributed by atoms with van der Waals surface area (Å²) in [6.07, 6.45) is 8.68. The summed E-state index contributed by atoms with van der Waals surface area (Å²) in [7, 11) is 0. The monoisotopic (exact) mass is 280 g/mol. The van der Waals surface area contributed by atoms with E-state index >= 15 is 0 Å². The molecule has 20 heavy (non-hydrogen) atoms. The third kappa shape index (κ3) is 7.24. The molecule has 0 amide bonds. The van der Waals surface area contributed by atoms with Crippen molar-refractivity contribution in [3.05, 3.63) is 0 Å². The lowest BCUT2D eigenvalue weighted by Crippen LogP contribution is -2.41. The molecule has 1 aliphatic carbocycles. The average Bonchev–Trinajstić information content (AvgIpc) is 2.35. The van der Waals surface area contributed by atoms with Gasteiger partial charge in [0.1, 0.15) is 12.7 Å². The van der Waals surface area contributed by atoms with Crippen LogP contribution < -0.4 is 0 Å². The standard InChI is InChI=1S/C12H18N2O2.C4H10/c1-11(2)4-10(16-9-14)5-12(3,6-11)7-15-8-13;1-3-4-2/h10H,4-7H2,1-3H3;3-4H2,1-2H3. The van der Waals surface area contributed by atoms with E-state index in [0.29, 0.717) is 6.61 Å². The number of ether oxygens (including phenoxy) is 2. The van der Waals surface area contributed by atoms with Gasteiger partial charge in [-0.05, 0) is 24.7 Å². The first kappa shape index (κ1) is 18.6. The molecule has 0 aromatic heterocycles. The molecular formula is C16H28N2O2. The summed E-state index contributed by atoms with van der Waals surface area (Å²) in [6, 6.07) is 0. The molecule has 0 aliphatic heterocycles. The Hall–Kier alpha value is -1.42. The lowest BCUT2D eigenvalue weighted by atomic mass is 9.64. The van der Waals surface area contributed by atoms with E-state index in [9.17, 15) is 0 Å². The van der Waals surface area contributed by atoms with Crippen molar-refractivity contribution in [3.8, 4) is 12.5 Å². The largest absolute Gasteiger partial charge is 0.427 e. The van der Waals surface area contributed by atoms with Crippen LogP contribution in [0.5, 0.6) is 0 Å². The van der Waals surface area contributed by atoms with E-state index in [1.165, 1.54) is 12.8 Å². The van der Waals surface area contributed by atoms with Gasteiger partial charge in [-0.15, -0.1) is 0 Å². The molecule has 0 aromatic rings. The second kappa shape index (κ2) is 8.69. The first-order valence-corrected chi connectivity index (χ1v) is 7.38. The molecule has 1 aliphatic rings. The highest BCUT2D eigenvalue weighted by molar-refractivity contribution is 4.93. The van der Waals surface area contributed by atoms with Crippen LogP contribution in [0.15, 0.2) is 0 Å². The number of unbranched alkanes of at least 4 members (excludes halogenated alkanes) is 1. The minimum atomic E-state index is -0.0843. The van der Waals surface area contributed by atoms with Crippen molar-refractivity contribution in [2.45, 2.75) is 72.8 Å². The van der Waals surface area contributed by atoms with Crippen LogP contribution >= 0.6 is 0 Å². The summed E-state index contributed by atoms with van der Waals surface area (Å²) >= 11 is 0. The van der Waals surface area contributed by atoms with Crippen LogP contribution in [0.1, 0.15) is 66.7 Å². The summed E-state index contributed by atoms with van der Waals surface area (Å²) in [6.45, 7) is 11.2. The Labute approximate surface area is 123 Å². The van der Waals surface area contributed by atoms with Gasteiger partial charge in [0.2, 0.25) is 0 Å². The molecule has 114 valence electrons. The van der Waals surface area contributed by atoms with E-state index in [4.69, 9.17) is 20.0 Å². The predicted octanol–water partition coefficient (Wildman–Crippen LogP) is 4.37. The second-order valence-electron chi connectivity index (χ2n) is 6.77. The molecule has 4 heteroatoms. The van der Waals surface area contributed by atoms with E-state index in [1.54, 1.807) is 12.5 Å². The highest BCUT2D eigenvalue weighted by Crippen LogP contribution is 2.47. The molecule has 0 bridgehead atoms. The fourth-order valence-electron chi connectivity index (χ4n) is 3.01. The SMILES string of the molecule is CC1(C)CC(OC#N)CC(C)(COC#N)C1.CCCC. The summed E-state index contributed by atoms with van der Waals surface area (Å²) in [5.74, 6) is 0. The Balaban J connectivity index is 0.000000796. The molecule has 0 radical (unpaired) electrons. The van der Waals surface area contributed by atoms with Crippen LogP contribution in [-0.4, -0.2) is 12.7 Å². The van der Waals surface area contributed by atoms with Crippen molar-refractivity contribution in [2.24, 2.45) is 10.8 Å². The van der Waals surface area contributed by atoms with Crippen molar-refractivity contribution >= 4 is 0 Å². The fourth-order valence-corrected chi connectivity index (χ4v) is 3.01. The maximum atomic E-state index is 8.58. The molecule has 1 fully saturated rings. The van der Waals surface area contributed by atoms with Crippen molar-refractivity contribution in [2.75, 3.05) is 6.61 Å². The van der Waals surface area contributed by atoms with E-state index in [-0.39, 0.29) is 16.9 Å². The lowest BCUT2D eigenvalue weighted by molar-refractivity contribution is -0.0364. The van der Waals surface area contributed by atoms with E-state index in [0.717, 1.165) is 19.3 Å². The molecule has 4 nitrogen and oxygen atoms in total. The molecule has 0 saturated heterocycles. The zero-order chi connectivity index (χ0) is 15.6. The van der Waals surface area contributed by atoms with Crippen molar-refractivity contribution < 1.29 is 9.47 Å². The van der Waals surface area contributed by atoms with Crippen LogP contribution in [0.3, 0.4) is 0 Å². The molecule has 2 unspecified atom stereocenters. The molecule has 2 atom stereocenters. The zero-order valence-electron chi connectivity index (χ0n) is 13.5. The summed E-state index contributed by atoms with van der Waals surface area (Å²) in [5.41, 5.74) is 0.0341. The quantitative estimate of drug-likeness (QED) is 0.717. The topological polar surface area (TPSA) is 66.0 Å². The van der Waals surface area contributed by atoms with Crippen LogP contribution in [-0.2, 0) is 9.47 Å². The van der Waals surface area contributed by atoms with Crippen LogP contribution in [0.4, 0.5) is 0 Å². The lowest BCUT2D eigenvalue weighted by Gasteiger charge is -2.44. The number of hydrogen-bond acceptors (Lipinski definition) is 4. The van der Waals surface area contributed by atoms with Crippen LogP contribution in [0.25, 0.3) is 0 Å². The van der Waals surface area contributed by atoms with Gasteiger partial charge in [-0.1, -0.05) is 47.5 Å². The minimum Gasteiger partial charge on any atom is -0.427 e. The van der Waals surface area contributed by atoms with Gasteiger partial charge in [0.15, 0.2) is 0 Å². The van der Waals surface area contributed by atoms with Gasteiger partial charge in [-0.3, -0.25) is 0 Å². The van der Waals surface area contributed by atoms with Crippen molar-refractivity contribution in [1.29, 1.82) is 10.5 Å². The van der Waals surface area contributed by atoms with Crippen molar-refractivity contribution in [3.63, 3.8) is 0 Å². The third-order valence-electron chi connectivity index (χ3n) is 3.61. The minimum absolute atomic E-state index is 0.0546. The number of hydrogen-bond donors (Lipinski definition) is 0. The molecule has 1 rings (SSSR count). The first-order valence-electron chi connectivity index (χ1n) is 7.38. The first-order chi connectivity index (χ1) is 9.32. The highest BCUT2D eigenvalue weighted by Gasteiger charge is 2.42. The Morgan fingerprint density at radius 3 is 2.10 bits per heavy atom. The molecule has 0 heterocycles. The average molecular weight is 280 g/mol. The van der Waals surface area contributed by atoms with Gasteiger partial charge in [-0.2, -0.15) is 10.5 Å². The Kier molecular flexibility index (Phi) is 8.07. The zero-order valence-corrected chi connectivity index (χ0v) is 13.5. The predicted molar refractivity (Wildman–Crippen MR) is 78.4 cm³/mol. The maximum absolute atomic E-state index is 8.58. The van der Waals surface area contributed by atoms with Gasteiger partial charge in [0, 0.05) is 5.41 Å². The normalized spacial score (nSPS) is 27.2. The summed E-state index contributed by atoms with van der Waals surface area (Å²) < 4.78 is 9.92. The number of nitriles is 2. The smallest absolute Gasteiger partial charge is 0.286 e. The summed E-state index contributed by atoms with van der Waals surface area (Å²) in [4.78, 5) is 0. The van der Waals surface area contributed by atoms with Gasteiger partial charge in [-0.25, -0.2) is 0 Å². The van der Waals surface area contributed by atoms with E-state index in [2.05, 4.69) is 34.6 Å². The van der Waals surface area contributed by atoms with E-state index < -0.39 is 0 Å². The third-order valence-corrected chi connectivity index (χ3v) is 3.61.